The van der Waals surface area contributed by atoms with Gasteiger partial charge >= 0.3 is 0 Å². The highest BCUT2D eigenvalue weighted by Crippen LogP contribution is 2.44. The third kappa shape index (κ3) is 3.64. The predicted octanol–water partition coefficient (Wildman–Crippen LogP) is 3.68. The number of piperidine rings is 1. The number of benzene rings is 1. The highest BCUT2D eigenvalue weighted by molar-refractivity contribution is 5.85. The number of carbonyl (C=O) groups is 1. The van der Waals surface area contributed by atoms with Crippen LogP contribution in [-0.2, 0) is 4.79 Å². The summed E-state index contributed by atoms with van der Waals surface area (Å²) in [5.74, 6) is 0.0897. The molecule has 1 saturated carbocycles. The molecule has 1 amide bonds. The minimum absolute atomic E-state index is 0. The fourth-order valence-electron chi connectivity index (χ4n) is 4.00. The van der Waals surface area contributed by atoms with E-state index in [9.17, 15) is 4.79 Å². The lowest BCUT2D eigenvalue weighted by molar-refractivity contribution is -0.135. The number of carbonyl (C=O) groups excluding carboxylic acids is 1. The molecule has 3 rings (SSSR count). The SMILES string of the molecule is Cl.NC(C(=O)N1CCC2(CCCCC2)CC1)c1ccccc1. The Morgan fingerprint density at radius 1 is 1.00 bits per heavy atom. The number of nitrogens with two attached hydrogens (primary N) is 1. The van der Waals surface area contributed by atoms with Crippen molar-refractivity contribution in [3.63, 3.8) is 0 Å². The van der Waals surface area contributed by atoms with E-state index in [1.165, 1.54) is 44.9 Å². The van der Waals surface area contributed by atoms with E-state index in [4.69, 9.17) is 5.73 Å². The number of hydrogen-bond donors (Lipinski definition) is 1. The number of likely N-dealkylation sites (tertiary alicyclic amines) is 1. The summed E-state index contributed by atoms with van der Waals surface area (Å²) in [6, 6.07) is 9.20. The van der Waals surface area contributed by atoms with E-state index in [2.05, 4.69) is 0 Å². The molecule has 122 valence electrons. The van der Waals surface area contributed by atoms with Crippen LogP contribution >= 0.6 is 12.4 Å². The van der Waals surface area contributed by atoms with Gasteiger partial charge in [-0.2, -0.15) is 0 Å². The molecule has 0 aromatic heterocycles. The Balaban J connectivity index is 0.00000176. The van der Waals surface area contributed by atoms with Gasteiger partial charge in [-0.3, -0.25) is 4.79 Å². The van der Waals surface area contributed by atoms with E-state index in [-0.39, 0.29) is 18.3 Å². The van der Waals surface area contributed by atoms with Crippen LogP contribution in [0.25, 0.3) is 0 Å². The van der Waals surface area contributed by atoms with Crippen LogP contribution in [0.1, 0.15) is 56.6 Å². The van der Waals surface area contributed by atoms with Gasteiger partial charge < -0.3 is 10.6 Å². The molecule has 1 saturated heterocycles. The largest absolute Gasteiger partial charge is 0.341 e. The molecule has 1 aromatic carbocycles. The Bertz CT molecular complexity index is 475. The standard InChI is InChI=1S/C18H26N2O.ClH/c19-16(15-7-3-1-4-8-15)17(21)20-13-11-18(12-14-20)9-5-2-6-10-18;/h1,3-4,7-8,16H,2,5-6,9-14,19H2;1H. The van der Waals surface area contributed by atoms with Gasteiger partial charge in [-0.15, -0.1) is 12.4 Å². The first-order valence-corrected chi connectivity index (χ1v) is 8.30. The Labute approximate surface area is 139 Å². The Morgan fingerprint density at radius 3 is 2.18 bits per heavy atom. The molecule has 1 spiro atoms. The first-order chi connectivity index (χ1) is 10.2. The quantitative estimate of drug-likeness (QED) is 0.902. The number of halogens is 1. The second-order valence-corrected chi connectivity index (χ2v) is 6.77. The van der Waals surface area contributed by atoms with Gasteiger partial charge in [-0.05, 0) is 36.7 Å². The highest BCUT2D eigenvalue weighted by atomic mass is 35.5. The molecule has 1 aliphatic carbocycles. The van der Waals surface area contributed by atoms with Crippen LogP contribution in [-0.4, -0.2) is 23.9 Å². The van der Waals surface area contributed by atoms with Gasteiger partial charge in [0.25, 0.3) is 0 Å². The lowest BCUT2D eigenvalue weighted by atomic mass is 9.68. The van der Waals surface area contributed by atoms with Crippen molar-refractivity contribution in [1.29, 1.82) is 0 Å². The summed E-state index contributed by atoms with van der Waals surface area (Å²) in [6.45, 7) is 1.78. The molecule has 1 atom stereocenters. The highest BCUT2D eigenvalue weighted by Gasteiger charge is 2.37. The fourth-order valence-corrected chi connectivity index (χ4v) is 4.00. The molecule has 1 aromatic rings. The summed E-state index contributed by atoms with van der Waals surface area (Å²) < 4.78 is 0. The van der Waals surface area contributed by atoms with Crippen molar-refractivity contribution < 1.29 is 4.79 Å². The van der Waals surface area contributed by atoms with Crippen LogP contribution < -0.4 is 5.73 Å². The van der Waals surface area contributed by atoms with Gasteiger partial charge in [0.05, 0.1) is 0 Å². The zero-order chi connectivity index (χ0) is 14.7. The molecular formula is C18H27ClN2O. The van der Waals surface area contributed by atoms with Crippen LogP contribution in [0.5, 0.6) is 0 Å². The van der Waals surface area contributed by atoms with Gasteiger partial charge in [-0.25, -0.2) is 0 Å². The number of hydrogen-bond acceptors (Lipinski definition) is 2. The van der Waals surface area contributed by atoms with Gasteiger partial charge in [-0.1, -0.05) is 49.6 Å². The molecular weight excluding hydrogens is 296 g/mol. The van der Waals surface area contributed by atoms with Crippen molar-refractivity contribution in [2.45, 2.75) is 51.0 Å². The lowest BCUT2D eigenvalue weighted by Crippen LogP contribution is -2.46. The van der Waals surface area contributed by atoms with Crippen molar-refractivity contribution in [1.82, 2.24) is 4.90 Å². The van der Waals surface area contributed by atoms with Crippen LogP contribution in [0.3, 0.4) is 0 Å². The van der Waals surface area contributed by atoms with Crippen LogP contribution in [0.2, 0.25) is 0 Å². The van der Waals surface area contributed by atoms with Crippen molar-refractivity contribution in [2.24, 2.45) is 11.1 Å². The second-order valence-electron chi connectivity index (χ2n) is 6.77. The lowest BCUT2D eigenvalue weighted by Gasteiger charge is -2.44. The topological polar surface area (TPSA) is 46.3 Å². The first-order valence-electron chi connectivity index (χ1n) is 8.30. The average molecular weight is 323 g/mol. The van der Waals surface area contributed by atoms with Gasteiger partial charge in [0.1, 0.15) is 6.04 Å². The Morgan fingerprint density at radius 2 is 1.59 bits per heavy atom. The first kappa shape index (κ1) is 17.3. The van der Waals surface area contributed by atoms with Crippen molar-refractivity contribution in [3.8, 4) is 0 Å². The monoisotopic (exact) mass is 322 g/mol. The third-order valence-electron chi connectivity index (χ3n) is 5.47. The van der Waals surface area contributed by atoms with Crippen molar-refractivity contribution in [2.75, 3.05) is 13.1 Å². The fraction of sp³-hybridized carbons (Fsp3) is 0.611. The minimum Gasteiger partial charge on any atom is -0.341 e. The van der Waals surface area contributed by atoms with Crippen LogP contribution in [0, 0.1) is 5.41 Å². The van der Waals surface area contributed by atoms with E-state index in [0.29, 0.717) is 5.41 Å². The maximum Gasteiger partial charge on any atom is 0.244 e. The molecule has 1 heterocycles. The summed E-state index contributed by atoms with van der Waals surface area (Å²) >= 11 is 0. The third-order valence-corrected chi connectivity index (χ3v) is 5.47. The summed E-state index contributed by atoms with van der Waals surface area (Å²) in [4.78, 5) is 14.6. The minimum atomic E-state index is -0.508. The van der Waals surface area contributed by atoms with E-state index in [1.54, 1.807) is 0 Å². The average Bonchev–Trinajstić information content (AvgIpc) is 2.56. The van der Waals surface area contributed by atoms with E-state index < -0.39 is 6.04 Å². The number of nitrogens with zero attached hydrogens (tertiary/aromatic N) is 1. The molecule has 4 heteroatoms. The van der Waals surface area contributed by atoms with Crippen LogP contribution in [0.4, 0.5) is 0 Å². The predicted molar refractivity (Wildman–Crippen MR) is 92.0 cm³/mol. The van der Waals surface area contributed by atoms with E-state index in [0.717, 1.165) is 18.7 Å². The van der Waals surface area contributed by atoms with Gasteiger partial charge in [0, 0.05) is 13.1 Å². The number of amides is 1. The molecule has 0 radical (unpaired) electrons. The Kier molecular flexibility index (Phi) is 5.87. The molecule has 22 heavy (non-hydrogen) atoms. The normalized spacial score (nSPS) is 22.0. The molecule has 1 aliphatic heterocycles. The molecule has 1 unspecified atom stereocenters. The van der Waals surface area contributed by atoms with Crippen molar-refractivity contribution in [3.05, 3.63) is 35.9 Å². The molecule has 2 N–H and O–H groups in total. The molecule has 0 bridgehead atoms. The molecule has 2 aliphatic rings. The van der Waals surface area contributed by atoms with E-state index >= 15 is 0 Å². The summed E-state index contributed by atoms with van der Waals surface area (Å²) in [6.07, 6.45) is 9.19. The molecule has 3 nitrogen and oxygen atoms in total. The zero-order valence-corrected chi connectivity index (χ0v) is 14.0. The summed E-state index contributed by atoms with van der Waals surface area (Å²) in [5.41, 5.74) is 7.60. The second kappa shape index (κ2) is 7.47. The van der Waals surface area contributed by atoms with Gasteiger partial charge in [0.2, 0.25) is 5.91 Å². The van der Waals surface area contributed by atoms with E-state index in [1.807, 2.05) is 35.2 Å². The zero-order valence-electron chi connectivity index (χ0n) is 13.2. The maximum absolute atomic E-state index is 12.6. The summed E-state index contributed by atoms with van der Waals surface area (Å²) in [5, 5.41) is 0. The molecule has 2 fully saturated rings. The van der Waals surface area contributed by atoms with Crippen LogP contribution in [0.15, 0.2) is 30.3 Å². The van der Waals surface area contributed by atoms with Crippen molar-refractivity contribution >= 4 is 18.3 Å². The number of rotatable bonds is 2. The smallest absolute Gasteiger partial charge is 0.244 e. The van der Waals surface area contributed by atoms with Gasteiger partial charge in [0.15, 0.2) is 0 Å². The Hall–Kier alpha value is -1.06. The summed E-state index contributed by atoms with van der Waals surface area (Å²) in [7, 11) is 0. The maximum atomic E-state index is 12.6.